The number of amides is 2. The van der Waals surface area contributed by atoms with Crippen molar-refractivity contribution in [1.82, 2.24) is 5.32 Å². The molecule has 0 saturated heterocycles. The monoisotopic (exact) mass is 436 g/mol. The van der Waals surface area contributed by atoms with E-state index in [0.29, 0.717) is 22.9 Å². The molecule has 0 bridgehead atoms. The standard InChI is InChI=1S/C19H21BrN2O5/c1-11-7-12(5-6-14(11)20)22-18(23)10-21-19(24)13-8-16(26-3)17(27-4)9-15(13)25-2/h5-9H,10H2,1-4H3,(H,21,24)(H,22,23). The number of hydrogen-bond donors (Lipinski definition) is 2. The van der Waals surface area contributed by atoms with E-state index in [4.69, 9.17) is 14.2 Å². The zero-order chi connectivity index (χ0) is 20.0. The smallest absolute Gasteiger partial charge is 0.255 e. The first-order valence-corrected chi connectivity index (χ1v) is 8.83. The maximum absolute atomic E-state index is 12.5. The number of rotatable bonds is 7. The van der Waals surface area contributed by atoms with Crippen molar-refractivity contribution in [2.45, 2.75) is 6.92 Å². The molecule has 2 rings (SSSR count). The summed E-state index contributed by atoms with van der Waals surface area (Å²) in [6.45, 7) is 1.73. The van der Waals surface area contributed by atoms with Crippen LogP contribution in [0.1, 0.15) is 15.9 Å². The number of hydrogen-bond acceptors (Lipinski definition) is 5. The van der Waals surface area contributed by atoms with Crippen LogP contribution in [0.15, 0.2) is 34.8 Å². The van der Waals surface area contributed by atoms with Gasteiger partial charge in [0.15, 0.2) is 11.5 Å². The molecule has 7 nitrogen and oxygen atoms in total. The average Bonchev–Trinajstić information content (AvgIpc) is 2.67. The second kappa shape index (κ2) is 9.27. The van der Waals surface area contributed by atoms with E-state index in [1.165, 1.54) is 27.4 Å². The fourth-order valence-corrected chi connectivity index (χ4v) is 2.64. The number of nitrogens with one attached hydrogen (secondary N) is 2. The van der Waals surface area contributed by atoms with Crippen molar-refractivity contribution in [2.24, 2.45) is 0 Å². The Balaban J connectivity index is 2.06. The number of carbonyl (C=O) groups excluding carboxylic acids is 2. The highest BCUT2D eigenvalue weighted by Gasteiger charge is 2.18. The third-order valence-corrected chi connectivity index (χ3v) is 4.69. The van der Waals surface area contributed by atoms with Crippen molar-refractivity contribution in [3.8, 4) is 17.2 Å². The molecular weight excluding hydrogens is 416 g/mol. The quantitative estimate of drug-likeness (QED) is 0.695. The molecule has 27 heavy (non-hydrogen) atoms. The van der Waals surface area contributed by atoms with Gasteiger partial charge in [-0.3, -0.25) is 9.59 Å². The molecule has 2 aromatic carbocycles. The number of methoxy groups -OCH3 is 3. The predicted molar refractivity (Wildman–Crippen MR) is 106 cm³/mol. The number of anilines is 1. The Hall–Kier alpha value is -2.74. The summed E-state index contributed by atoms with van der Waals surface area (Å²) in [6, 6.07) is 8.51. The molecule has 2 N–H and O–H groups in total. The van der Waals surface area contributed by atoms with Gasteiger partial charge in [0.05, 0.1) is 33.4 Å². The van der Waals surface area contributed by atoms with Crippen LogP contribution in [0, 0.1) is 6.92 Å². The van der Waals surface area contributed by atoms with Crippen LogP contribution in [-0.2, 0) is 4.79 Å². The molecule has 0 fully saturated rings. The van der Waals surface area contributed by atoms with Crippen molar-refractivity contribution in [2.75, 3.05) is 33.2 Å². The largest absolute Gasteiger partial charge is 0.496 e. The van der Waals surface area contributed by atoms with Crippen molar-refractivity contribution in [3.05, 3.63) is 45.9 Å². The number of benzene rings is 2. The van der Waals surface area contributed by atoms with Gasteiger partial charge in [0.25, 0.3) is 5.91 Å². The van der Waals surface area contributed by atoms with Gasteiger partial charge in [-0.05, 0) is 30.7 Å². The summed E-state index contributed by atoms with van der Waals surface area (Å²) in [5.74, 6) is 0.334. The fraction of sp³-hybridized carbons (Fsp3) is 0.263. The first-order chi connectivity index (χ1) is 12.9. The summed E-state index contributed by atoms with van der Waals surface area (Å²) in [5, 5.41) is 5.31. The highest BCUT2D eigenvalue weighted by Crippen LogP contribution is 2.34. The Kier molecular flexibility index (Phi) is 7.06. The molecule has 0 radical (unpaired) electrons. The van der Waals surface area contributed by atoms with Gasteiger partial charge in [0.2, 0.25) is 5.91 Å². The summed E-state index contributed by atoms with van der Waals surface area (Å²) in [6.07, 6.45) is 0. The first-order valence-electron chi connectivity index (χ1n) is 8.03. The van der Waals surface area contributed by atoms with Crippen LogP contribution < -0.4 is 24.8 Å². The van der Waals surface area contributed by atoms with Crippen LogP contribution in [-0.4, -0.2) is 39.7 Å². The molecule has 8 heteroatoms. The summed E-state index contributed by atoms with van der Waals surface area (Å²) in [5.41, 5.74) is 1.88. The summed E-state index contributed by atoms with van der Waals surface area (Å²) >= 11 is 3.41. The van der Waals surface area contributed by atoms with Gasteiger partial charge in [-0.25, -0.2) is 0 Å². The minimum absolute atomic E-state index is 0.189. The van der Waals surface area contributed by atoms with Crippen LogP contribution >= 0.6 is 15.9 Å². The Labute approximate surface area is 166 Å². The van der Waals surface area contributed by atoms with E-state index < -0.39 is 5.91 Å². The lowest BCUT2D eigenvalue weighted by molar-refractivity contribution is -0.115. The van der Waals surface area contributed by atoms with Crippen LogP contribution in [0.4, 0.5) is 5.69 Å². The second-order valence-corrected chi connectivity index (χ2v) is 6.46. The maximum atomic E-state index is 12.5. The molecule has 0 aliphatic rings. The second-order valence-electron chi connectivity index (χ2n) is 5.60. The van der Waals surface area contributed by atoms with Gasteiger partial charge in [-0.2, -0.15) is 0 Å². The lowest BCUT2D eigenvalue weighted by atomic mass is 10.1. The fourth-order valence-electron chi connectivity index (χ4n) is 2.39. The van der Waals surface area contributed by atoms with Crippen molar-refractivity contribution >= 4 is 33.4 Å². The van der Waals surface area contributed by atoms with E-state index >= 15 is 0 Å². The Morgan fingerprint density at radius 2 is 1.59 bits per heavy atom. The molecule has 0 unspecified atom stereocenters. The highest BCUT2D eigenvalue weighted by molar-refractivity contribution is 9.10. The van der Waals surface area contributed by atoms with Crippen molar-refractivity contribution in [3.63, 3.8) is 0 Å². The normalized spacial score (nSPS) is 10.1. The lowest BCUT2D eigenvalue weighted by Crippen LogP contribution is -2.33. The molecule has 0 aliphatic heterocycles. The summed E-state index contributed by atoms with van der Waals surface area (Å²) in [4.78, 5) is 24.6. The zero-order valence-corrected chi connectivity index (χ0v) is 17.1. The van der Waals surface area contributed by atoms with Gasteiger partial charge in [-0.15, -0.1) is 0 Å². The van der Waals surface area contributed by atoms with E-state index in [9.17, 15) is 9.59 Å². The SMILES string of the molecule is COc1cc(OC)c(C(=O)NCC(=O)Nc2ccc(Br)c(C)c2)cc1OC. The molecule has 0 aliphatic carbocycles. The third-order valence-electron chi connectivity index (χ3n) is 3.80. The maximum Gasteiger partial charge on any atom is 0.255 e. The summed E-state index contributed by atoms with van der Waals surface area (Å²) < 4.78 is 16.6. The van der Waals surface area contributed by atoms with Gasteiger partial charge in [-0.1, -0.05) is 15.9 Å². The van der Waals surface area contributed by atoms with Crippen molar-refractivity contribution in [1.29, 1.82) is 0 Å². The highest BCUT2D eigenvalue weighted by atomic mass is 79.9. The van der Waals surface area contributed by atoms with E-state index in [2.05, 4.69) is 26.6 Å². The summed E-state index contributed by atoms with van der Waals surface area (Å²) in [7, 11) is 4.41. The first kappa shape index (κ1) is 20.6. The Morgan fingerprint density at radius 3 is 2.19 bits per heavy atom. The Morgan fingerprint density at radius 1 is 0.963 bits per heavy atom. The molecule has 0 heterocycles. The number of aryl methyl sites for hydroxylation is 1. The van der Waals surface area contributed by atoms with Gasteiger partial charge >= 0.3 is 0 Å². The zero-order valence-electron chi connectivity index (χ0n) is 15.5. The minimum Gasteiger partial charge on any atom is -0.496 e. The number of halogens is 1. The van der Waals surface area contributed by atoms with Crippen molar-refractivity contribution < 1.29 is 23.8 Å². The van der Waals surface area contributed by atoms with E-state index in [1.54, 1.807) is 12.1 Å². The molecule has 144 valence electrons. The van der Waals surface area contributed by atoms with Gasteiger partial charge in [0.1, 0.15) is 5.75 Å². The molecule has 0 saturated carbocycles. The topological polar surface area (TPSA) is 85.9 Å². The van der Waals surface area contributed by atoms with Crippen LogP contribution in [0.3, 0.4) is 0 Å². The molecule has 0 spiro atoms. The lowest BCUT2D eigenvalue weighted by Gasteiger charge is -2.14. The molecule has 2 amide bonds. The van der Waals surface area contributed by atoms with Crippen LogP contribution in [0.2, 0.25) is 0 Å². The predicted octanol–water partition coefficient (Wildman–Crippen LogP) is 3.15. The van der Waals surface area contributed by atoms with E-state index in [0.717, 1.165) is 10.0 Å². The van der Waals surface area contributed by atoms with Crippen LogP contribution in [0.25, 0.3) is 0 Å². The third kappa shape index (κ3) is 5.13. The van der Waals surface area contributed by atoms with Crippen LogP contribution in [0.5, 0.6) is 17.2 Å². The number of carbonyl (C=O) groups is 2. The van der Waals surface area contributed by atoms with Gasteiger partial charge < -0.3 is 24.8 Å². The minimum atomic E-state index is -0.463. The molecule has 2 aromatic rings. The average molecular weight is 437 g/mol. The molecule has 0 aromatic heterocycles. The molecule has 0 atom stereocenters. The van der Waals surface area contributed by atoms with Gasteiger partial charge in [0, 0.05) is 22.3 Å². The Bertz CT molecular complexity index is 854. The van der Waals surface area contributed by atoms with E-state index in [1.807, 2.05) is 19.1 Å². The van der Waals surface area contributed by atoms with E-state index in [-0.39, 0.29) is 18.0 Å². The molecular formula is C19H21BrN2O5. The number of ether oxygens (including phenoxy) is 3.